The summed E-state index contributed by atoms with van der Waals surface area (Å²) < 4.78 is 0. The summed E-state index contributed by atoms with van der Waals surface area (Å²) >= 11 is 0. The SMILES string of the molecule is CCC1CCC(=O)N(CCC(=O)c2ccccc2)CC1. The van der Waals surface area contributed by atoms with Crippen molar-refractivity contribution in [3.8, 4) is 0 Å². The lowest BCUT2D eigenvalue weighted by atomic mass is 9.98. The first-order chi connectivity index (χ1) is 9.70. The summed E-state index contributed by atoms with van der Waals surface area (Å²) in [7, 11) is 0. The van der Waals surface area contributed by atoms with Gasteiger partial charge in [0.25, 0.3) is 0 Å². The van der Waals surface area contributed by atoms with E-state index in [1.165, 1.54) is 0 Å². The van der Waals surface area contributed by atoms with Crippen LogP contribution in [0.1, 0.15) is 49.4 Å². The molecular formula is C17H23NO2. The molecule has 1 aromatic carbocycles. The smallest absolute Gasteiger partial charge is 0.222 e. The summed E-state index contributed by atoms with van der Waals surface area (Å²) in [4.78, 5) is 26.0. The van der Waals surface area contributed by atoms with Crippen LogP contribution in [0.15, 0.2) is 30.3 Å². The number of hydrogen-bond acceptors (Lipinski definition) is 2. The van der Waals surface area contributed by atoms with Gasteiger partial charge in [-0.05, 0) is 18.8 Å². The highest BCUT2D eigenvalue weighted by molar-refractivity contribution is 5.96. The van der Waals surface area contributed by atoms with E-state index in [4.69, 9.17) is 0 Å². The molecule has 20 heavy (non-hydrogen) atoms. The zero-order chi connectivity index (χ0) is 14.4. The maximum Gasteiger partial charge on any atom is 0.222 e. The third kappa shape index (κ3) is 3.92. The Morgan fingerprint density at radius 1 is 1.25 bits per heavy atom. The quantitative estimate of drug-likeness (QED) is 0.772. The number of amides is 1. The van der Waals surface area contributed by atoms with Gasteiger partial charge in [-0.15, -0.1) is 0 Å². The molecule has 1 aliphatic heterocycles. The van der Waals surface area contributed by atoms with Gasteiger partial charge in [-0.25, -0.2) is 0 Å². The molecule has 0 radical (unpaired) electrons. The third-order valence-electron chi connectivity index (χ3n) is 4.21. The van der Waals surface area contributed by atoms with Crippen LogP contribution < -0.4 is 0 Å². The minimum Gasteiger partial charge on any atom is -0.342 e. The second kappa shape index (κ2) is 7.22. The number of carbonyl (C=O) groups is 2. The lowest BCUT2D eigenvalue weighted by Gasteiger charge is -2.20. The Morgan fingerprint density at radius 2 is 2.00 bits per heavy atom. The average Bonchev–Trinajstić information content (AvgIpc) is 2.67. The minimum absolute atomic E-state index is 0.120. The summed E-state index contributed by atoms with van der Waals surface area (Å²) in [5, 5.41) is 0. The van der Waals surface area contributed by atoms with Crippen LogP contribution in [-0.4, -0.2) is 29.7 Å². The highest BCUT2D eigenvalue weighted by Crippen LogP contribution is 2.21. The molecule has 1 amide bonds. The van der Waals surface area contributed by atoms with Crippen LogP contribution in [0.2, 0.25) is 0 Å². The molecule has 0 saturated carbocycles. The fourth-order valence-corrected chi connectivity index (χ4v) is 2.74. The maximum absolute atomic E-state index is 12.1. The Hall–Kier alpha value is -1.64. The minimum atomic E-state index is 0.120. The fraction of sp³-hybridized carbons (Fsp3) is 0.529. The van der Waals surface area contributed by atoms with Gasteiger partial charge in [0, 0.05) is 31.5 Å². The molecule has 1 aliphatic rings. The van der Waals surface area contributed by atoms with Crippen molar-refractivity contribution in [1.82, 2.24) is 4.90 Å². The summed E-state index contributed by atoms with van der Waals surface area (Å²) in [6.07, 6.45) is 4.27. The van der Waals surface area contributed by atoms with Gasteiger partial charge in [-0.1, -0.05) is 43.7 Å². The first kappa shape index (κ1) is 14.8. The molecule has 108 valence electrons. The van der Waals surface area contributed by atoms with Crippen LogP contribution in [0, 0.1) is 5.92 Å². The van der Waals surface area contributed by atoms with Crippen LogP contribution in [0.5, 0.6) is 0 Å². The second-order valence-corrected chi connectivity index (χ2v) is 5.52. The number of benzene rings is 1. The van der Waals surface area contributed by atoms with E-state index >= 15 is 0 Å². The summed E-state index contributed by atoms with van der Waals surface area (Å²) in [5.41, 5.74) is 0.737. The molecule has 0 N–H and O–H groups in total. The summed E-state index contributed by atoms with van der Waals surface area (Å²) in [6, 6.07) is 9.31. The predicted molar refractivity (Wildman–Crippen MR) is 79.6 cm³/mol. The number of Topliss-reactive ketones (excluding diaryl/α,β-unsaturated/α-hetero) is 1. The van der Waals surface area contributed by atoms with Gasteiger partial charge in [0.15, 0.2) is 5.78 Å². The van der Waals surface area contributed by atoms with E-state index in [0.717, 1.165) is 31.4 Å². The van der Waals surface area contributed by atoms with Gasteiger partial charge in [-0.3, -0.25) is 9.59 Å². The largest absolute Gasteiger partial charge is 0.342 e. The van der Waals surface area contributed by atoms with Crippen LogP contribution in [0.3, 0.4) is 0 Å². The lowest BCUT2D eigenvalue weighted by molar-refractivity contribution is -0.130. The lowest BCUT2D eigenvalue weighted by Crippen LogP contribution is -2.32. The van der Waals surface area contributed by atoms with Crippen molar-refractivity contribution in [2.45, 2.75) is 39.0 Å². The van der Waals surface area contributed by atoms with Gasteiger partial charge in [0.1, 0.15) is 0 Å². The molecule has 1 heterocycles. The molecule has 1 unspecified atom stereocenters. The van der Waals surface area contributed by atoms with Gasteiger partial charge < -0.3 is 4.90 Å². The molecule has 1 atom stereocenters. The predicted octanol–water partition coefficient (Wildman–Crippen LogP) is 3.30. The Morgan fingerprint density at radius 3 is 2.70 bits per heavy atom. The van der Waals surface area contributed by atoms with E-state index in [1.54, 1.807) is 0 Å². The highest BCUT2D eigenvalue weighted by Gasteiger charge is 2.21. The van der Waals surface area contributed by atoms with E-state index < -0.39 is 0 Å². The Balaban J connectivity index is 1.87. The fourth-order valence-electron chi connectivity index (χ4n) is 2.74. The van der Waals surface area contributed by atoms with Crippen LogP contribution >= 0.6 is 0 Å². The number of hydrogen-bond donors (Lipinski definition) is 0. The van der Waals surface area contributed by atoms with Crippen molar-refractivity contribution in [2.24, 2.45) is 5.92 Å². The van der Waals surface area contributed by atoms with E-state index in [-0.39, 0.29) is 11.7 Å². The van der Waals surface area contributed by atoms with Crippen LogP contribution in [0.25, 0.3) is 0 Å². The highest BCUT2D eigenvalue weighted by atomic mass is 16.2. The van der Waals surface area contributed by atoms with Gasteiger partial charge in [0.05, 0.1) is 0 Å². The molecule has 2 rings (SSSR count). The Bertz CT molecular complexity index is 455. The molecule has 1 fully saturated rings. The second-order valence-electron chi connectivity index (χ2n) is 5.52. The van der Waals surface area contributed by atoms with E-state index in [2.05, 4.69) is 6.92 Å². The molecule has 0 aliphatic carbocycles. The van der Waals surface area contributed by atoms with Gasteiger partial charge >= 0.3 is 0 Å². The number of rotatable bonds is 5. The van der Waals surface area contributed by atoms with E-state index in [1.807, 2.05) is 35.2 Å². The van der Waals surface area contributed by atoms with Crippen molar-refractivity contribution < 1.29 is 9.59 Å². The maximum atomic E-state index is 12.1. The van der Waals surface area contributed by atoms with Crippen molar-refractivity contribution in [3.05, 3.63) is 35.9 Å². The zero-order valence-corrected chi connectivity index (χ0v) is 12.2. The van der Waals surface area contributed by atoms with Crippen LogP contribution in [-0.2, 0) is 4.79 Å². The van der Waals surface area contributed by atoms with Crippen molar-refractivity contribution in [1.29, 1.82) is 0 Å². The molecule has 3 heteroatoms. The van der Waals surface area contributed by atoms with Crippen LogP contribution in [0.4, 0.5) is 0 Å². The molecule has 0 spiro atoms. The zero-order valence-electron chi connectivity index (χ0n) is 12.2. The number of ketones is 1. The van der Waals surface area contributed by atoms with E-state index in [9.17, 15) is 9.59 Å². The standard InChI is InChI=1S/C17H23NO2/c1-2-14-8-9-17(20)18(12-10-14)13-11-16(19)15-6-4-3-5-7-15/h3-7,14H,2,8-13H2,1H3. The first-order valence-electron chi connectivity index (χ1n) is 7.56. The number of likely N-dealkylation sites (tertiary alicyclic amines) is 1. The van der Waals surface area contributed by atoms with E-state index in [0.29, 0.717) is 25.3 Å². The van der Waals surface area contributed by atoms with Crippen molar-refractivity contribution >= 4 is 11.7 Å². The normalized spacial score (nSPS) is 19.8. The van der Waals surface area contributed by atoms with Gasteiger partial charge in [-0.2, -0.15) is 0 Å². The molecule has 1 saturated heterocycles. The molecule has 0 aromatic heterocycles. The van der Waals surface area contributed by atoms with Gasteiger partial charge in [0.2, 0.25) is 5.91 Å². The third-order valence-corrected chi connectivity index (χ3v) is 4.21. The van der Waals surface area contributed by atoms with Crippen molar-refractivity contribution in [3.63, 3.8) is 0 Å². The molecule has 1 aromatic rings. The first-order valence-corrected chi connectivity index (χ1v) is 7.56. The Kier molecular flexibility index (Phi) is 5.33. The molecule has 0 bridgehead atoms. The molecule has 3 nitrogen and oxygen atoms in total. The monoisotopic (exact) mass is 273 g/mol. The number of carbonyl (C=O) groups excluding carboxylic acids is 2. The Labute approximate surface area is 121 Å². The summed E-state index contributed by atoms with van der Waals surface area (Å²) in [5.74, 6) is 0.991. The summed E-state index contributed by atoms with van der Waals surface area (Å²) in [6.45, 7) is 3.55. The average molecular weight is 273 g/mol. The molecular weight excluding hydrogens is 250 g/mol. The topological polar surface area (TPSA) is 37.4 Å². The van der Waals surface area contributed by atoms with Crippen molar-refractivity contribution in [2.75, 3.05) is 13.1 Å². The number of nitrogens with zero attached hydrogens (tertiary/aromatic N) is 1.